The highest BCUT2D eigenvalue weighted by Gasteiger charge is 2.15. The molecule has 8 nitrogen and oxygen atoms in total. The Labute approximate surface area is 159 Å². The molecule has 0 unspecified atom stereocenters. The van der Waals surface area contributed by atoms with Crippen LogP contribution in [0.4, 0.5) is 11.6 Å². The van der Waals surface area contributed by atoms with Crippen LogP contribution < -0.4 is 14.8 Å². The number of ether oxygens (including phenoxy) is 2. The number of hydrogen-bond acceptors (Lipinski definition) is 7. The Morgan fingerprint density at radius 3 is 2.52 bits per heavy atom. The zero-order valence-corrected chi connectivity index (χ0v) is 15.3. The highest BCUT2D eigenvalue weighted by Crippen LogP contribution is 2.30. The molecule has 0 spiro atoms. The highest BCUT2D eigenvalue weighted by molar-refractivity contribution is 6.29. The van der Waals surface area contributed by atoms with E-state index in [0.29, 0.717) is 28.4 Å². The number of hydrogen-bond donors (Lipinski definition) is 1. The molecule has 27 heavy (non-hydrogen) atoms. The van der Waals surface area contributed by atoms with Gasteiger partial charge in [0.05, 0.1) is 31.4 Å². The summed E-state index contributed by atoms with van der Waals surface area (Å²) in [6, 6.07) is 8.97. The van der Waals surface area contributed by atoms with Crippen molar-refractivity contribution in [1.82, 2.24) is 24.5 Å². The van der Waals surface area contributed by atoms with E-state index in [2.05, 4.69) is 25.3 Å². The molecule has 1 N–H and O–H groups in total. The standard InChI is InChI=1S/C18H15ClN6O2/c1-26-12-5-11(6-13(7-12)27-2)23-18-24-14-3-4-20-9-15(14)25(18)17-8-16(19)21-10-22-17/h3-10H,1-2H3,(H,23,24). The number of methoxy groups -OCH3 is 2. The van der Waals surface area contributed by atoms with Gasteiger partial charge in [0.25, 0.3) is 0 Å². The van der Waals surface area contributed by atoms with Crippen LogP contribution in [-0.2, 0) is 0 Å². The van der Waals surface area contributed by atoms with Crippen LogP contribution in [0.2, 0.25) is 5.15 Å². The first-order valence-electron chi connectivity index (χ1n) is 7.98. The number of nitrogens with one attached hydrogen (secondary N) is 1. The van der Waals surface area contributed by atoms with E-state index in [1.807, 2.05) is 22.8 Å². The average Bonchev–Trinajstić information content (AvgIpc) is 3.05. The summed E-state index contributed by atoms with van der Waals surface area (Å²) in [6.45, 7) is 0. The summed E-state index contributed by atoms with van der Waals surface area (Å²) in [5, 5.41) is 3.62. The van der Waals surface area contributed by atoms with Crippen LogP contribution in [0.3, 0.4) is 0 Å². The van der Waals surface area contributed by atoms with Crippen LogP contribution in [0.25, 0.3) is 16.9 Å². The lowest BCUT2D eigenvalue weighted by Gasteiger charge is -2.12. The van der Waals surface area contributed by atoms with Crippen molar-refractivity contribution in [2.45, 2.75) is 0 Å². The largest absolute Gasteiger partial charge is 0.497 e. The summed E-state index contributed by atoms with van der Waals surface area (Å²) < 4.78 is 12.5. The van der Waals surface area contributed by atoms with Gasteiger partial charge in [0, 0.05) is 36.1 Å². The minimum absolute atomic E-state index is 0.333. The van der Waals surface area contributed by atoms with Gasteiger partial charge in [-0.1, -0.05) is 11.6 Å². The molecule has 3 heterocycles. The number of nitrogens with zero attached hydrogens (tertiary/aromatic N) is 5. The van der Waals surface area contributed by atoms with Crippen molar-refractivity contribution in [1.29, 1.82) is 0 Å². The van der Waals surface area contributed by atoms with Crippen molar-refractivity contribution in [2.24, 2.45) is 0 Å². The Balaban J connectivity index is 1.86. The Morgan fingerprint density at radius 1 is 1.04 bits per heavy atom. The van der Waals surface area contributed by atoms with E-state index in [4.69, 9.17) is 21.1 Å². The third kappa shape index (κ3) is 3.34. The number of halogens is 1. The van der Waals surface area contributed by atoms with E-state index >= 15 is 0 Å². The fraction of sp³-hybridized carbons (Fsp3) is 0.111. The molecule has 9 heteroatoms. The second-order valence-electron chi connectivity index (χ2n) is 5.56. The van der Waals surface area contributed by atoms with Gasteiger partial charge in [-0.05, 0) is 6.07 Å². The first-order chi connectivity index (χ1) is 13.2. The summed E-state index contributed by atoms with van der Waals surface area (Å²) in [6.07, 6.45) is 4.80. The zero-order chi connectivity index (χ0) is 18.8. The van der Waals surface area contributed by atoms with Gasteiger partial charge in [-0.2, -0.15) is 0 Å². The van der Waals surface area contributed by atoms with Crippen molar-refractivity contribution >= 4 is 34.3 Å². The quantitative estimate of drug-likeness (QED) is 0.527. The summed E-state index contributed by atoms with van der Waals surface area (Å²) in [5.74, 6) is 2.43. The van der Waals surface area contributed by atoms with Crippen LogP contribution >= 0.6 is 11.6 Å². The molecule has 0 aliphatic rings. The maximum Gasteiger partial charge on any atom is 0.214 e. The van der Waals surface area contributed by atoms with Crippen molar-refractivity contribution in [3.05, 3.63) is 54.2 Å². The molecule has 3 aromatic heterocycles. The zero-order valence-electron chi connectivity index (χ0n) is 14.5. The molecule has 0 amide bonds. The molecule has 0 fully saturated rings. The lowest BCUT2D eigenvalue weighted by molar-refractivity contribution is 0.395. The third-order valence-corrected chi connectivity index (χ3v) is 4.12. The number of benzene rings is 1. The molecule has 0 saturated heterocycles. The maximum atomic E-state index is 6.05. The minimum atomic E-state index is 0.333. The number of aromatic nitrogens is 5. The lowest BCUT2D eigenvalue weighted by atomic mass is 10.3. The topological polar surface area (TPSA) is 87.0 Å². The lowest BCUT2D eigenvalue weighted by Crippen LogP contribution is -2.04. The molecule has 0 aliphatic heterocycles. The Morgan fingerprint density at radius 2 is 1.81 bits per heavy atom. The van der Waals surface area contributed by atoms with Crippen molar-refractivity contribution in [3.8, 4) is 17.3 Å². The van der Waals surface area contributed by atoms with Gasteiger partial charge >= 0.3 is 0 Å². The summed E-state index contributed by atoms with van der Waals surface area (Å²) in [4.78, 5) is 17.1. The second-order valence-corrected chi connectivity index (χ2v) is 5.95. The predicted octanol–water partition coefficient (Wildman–Crippen LogP) is 3.62. The third-order valence-electron chi connectivity index (χ3n) is 3.91. The van der Waals surface area contributed by atoms with E-state index in [1.54, 1.807) is 38.7 Å². The molecule has 0 aliphatic carbocycles. The molecule has 0 atom stereocenters. The Hall–Kier alpha value is -3.39. The number of rotatable bonds is 5. The summed E-state index contributed by atoms with van der Waals surface area (Å²) in [5.41, 5.74) is 2.29. The Bertz CT molecular complexity index is 1090. The Kier molecular flexibility index (Phi) is 4.47. The van der Waals surface area contributed by atoms with Crippen LogP contribution in [0.15, 0.2) is 49.1 Å². The SMILES string of the molecule is COc1cc(Nc2nc3ccncc3n2-c2cc(Cl)ncn2)cc(OC)c1. The first kappa shape index (κ1) is 17.0. The predicted molar refractivity (Wildman–Crippen MR) is 102 cm³/mol. The number of pyridine rings is 1. The van der Waals surface area contributed by atoms with Gasteiger partial charge < -0.3 is 14.8 Å². The van der Waals surface area contributed by atoms with Gasteiger partial charge in [-0.25, -0.2) is 15.0 Å². The molecule has 0 bridgehead atoms. The van der Waals surface area contributed by atoms with Crippen molar-refractivity contribution < 1.29 is 9.47 Å². The van der Waals surface area contributed by atoms with Gasteiger partial charge in [-0.3, -0.25) is 9.55 Å². The molecular formula is C18H15ClN6O2. The normalized spacial score (nSPS) is 10.8. The van der Waals surface area contributed by atoms with E-state index in [1.165, 1.54) is 6.33 Å². The molecule has 0 radical (unpaired) electrons. The van der Waals surface area contributed by atoms with Gasteiger partial charge in [-0.15, -0.1) is 0 Å². The number of imidazole rings is 1. The molecular weight excluding hydrogens is 368 g/mol. The fourth-order valence-electron chi connectivity index (χ4n) is 2.69. The monoisotopic (exact) mass is 382 g/mol. The van der Waals surface area contributed by atoms with E-state index in [0.717, 1.165) is 16.7 Å². The van der Waals surface area contributed by atoms with Gasteiger partial charge in [0.2, 0.25) is 5.95 Å². The van der Waals surface area contributed by atoms with Crippen molar-refractivity contribution in [3.63, 3.8) is 0 Å². The van der Waals surface area contributed by atoms with Crippen LogP contribution in [0.1, 0.15) is 0 Å². The molecule has 4 rings (SSSR count). The smallest absolute Gasteiger partial charge is 0.214 e. The van der Waals surface area contributed by atoms with Crippen LogP contribution in [-0.4, -0.2) is 38.7 Å². The summed E-state index contributed by atoms with van der Waals surface area (Å²) in [7, 11) is 3.20. The molecule has 0 saturated carbocycles. The number of anilines is 2. The minimum Gasteiger partial charge on any atom is -0.497 e. The van der Waals surface area contributed by atoms with Crippen molar-refractivity contribution in [2.75, 3.05) is 19.5 Å². The van der Waals surface area contributed by atoms with Crippen LogP contribution in [0, 0.1) is 0 Å². The molecule has 1 aromatic carbocycles. The maximum absolute atomic E-state index is 6.05. The van der Waals surface area contributed by atoms with Gasteiger partial charge in [0.1, 0.15) is 28.8 Å². The van der Waals surface area contributed by atoms with E-state index in [9.17, 15) is 0 Å². The highest BCUT2D eigenvalue weighted by atomic mass is 35.5. The van der Waals surface area contributed by atoms with E-state index < -0.39 is 0 Å². The van der Waals surface area contributed by atoms with Crippen LogP contribution in [0.5, 0.6) is 11.5 Å². The van der Waals surface area contributed by atoms with Gasteiger partial charge in [0.15, 0.2) is 0 Å². The summed E-state index contributed by atoms with van der Waals surface area (Å²) >= 11 is 6.05. The first-order valence-corrected chi connectivity index (χ1v) is 8.36. The molecule has 136 valence electrons. The number of fused-ring (bicyclic) bond motifs is 1. The molecule has 4 aromatic rings. The second kappa shape index (κ2) is 7.08. The average molecular weight is 383 g/mol. The fourth-order valence-corrected chi connectivity index (χ4v) is 2.84. The van der Waals surface area contributed by atoms with E-state index in [-0.39, 0.29) is 0 Å².